The molecule has 0 amide bonds. The van der Waals surface area contributed by atoms with Crippen molar-refractivity contribution in [3.05, 3.63) is 65.3 Å². The summed E-state index contributed by atoms with van der Waals surface area (Å²) in [6.45, 7) is 4.23. The third-order valence-electron chi connectivity index (χ3n) is 4.18. The minimum absolute atomic E-state index is 0.741. The van der Waals surface area contributed by atoms with Crippen molar-refractivity contribution in [2.24, 2.45) is 0 Å². The van der Waals surface area contributed by atoms with E-state index < -0.39 is 0 Å². The summed E-state index contributed by atoms with van der Waals surface area (Å²) in [7, 11) is 0. The fourth-order valence-corrected chi connectivity index (χ4v) is 3.92. The number of aryl methyl sites for hydroxylation is 2. The Balaban J connectivity index is 1.87. The number of nitrogens with two attached hydrogens (primary N) is 1. The van der Waals surface area contributed by atoms with E-state index in [1.54, 1.807) is 17.7 Å². The van der Waals surface area contributed by atoms with Crippen LogP contribution in [0.1, 0.15) is 10.4 Å². The van der Waals surface area contributed by atoms with Gasteiger partial charge in [0.1, 0.15) is 17.0 Å². The van der Waals surface area contributed by atoms with Gasteiger partial charge in [-0.25, -0.2) is 9.97 Å². The molecule has 4 rings (SSSR count). The molecular weight excluding hydrogens is 328 g/mol. The van der Waals surface area contributed by atoms with Crippen molar-refractivity contribution < 1.29 is 0 Å². The lowest BCUT2D eigenvalue weighted by Gasteiger charge is -2.09. The van der Waals surface area contributed by atoms with Gasteiger partial charge in [-0.2, -0.15) is 0 Å². The number of benzene rings is 2. The first kappa shape index (κ1) is 15.6. The molecule has 0 aliphatic carbocycles. The average molecular weight is 346 g/mol. The van der Waals surface area contributed by atoms with Crippen molar-refractivity contribution in [2.45, 2.75) is 13.8 Å². The summed E-state index contributed by atoms with van der Waals surface area (Å²) in [4.78, 5) is 11.2. The molecule has 2 aromatic heterocycles. The monoisotopic (exact) mass is 346 g/mol. The van der Waals surface area contributed by atoms with Gasteiger partial charge >= 0.3 is 0 Å². The third-order valence-corrected chi connectivity index (χ3v) is 5.19. The summed E-state index contributed by atoms with van der Waals surface area (Å²) in [6, 6.07) is 16.2. The van der Waals surface area contributed by atoms with E-state index in [4.69, 9.17) is 5.73 Å². The molecule has 5 heteroatoms. The Morgan fingerprint density at radius 3 is 2.36 bits per heavy atom. The SMILES string of the molecule is Cc1ccc(-c2c(C)sc3ncnc(Nc4ccc(N)cc4)c23)cc1. The van der Waals surface area contributed by atoms with Crippen molar-refractivity contribution in [1.29, 1.82) is 0 Å². The highest BCUT2D eigenvalue weighted by Gasteiger charge is 2.16. The Hall–Kier alpha value is -2.92. The number of thiophene rings is 1. The molecule has 0 aliphatic rings. The Morgan fingerprint density at radius 2 is 1.64 bits per heavy atom. The van der Waals surface area contributed by atoms with Gasteiger partial charge in [-0.3, -0.25) is 0 Å². The molecule has 0 spiro atoms. The summed E-state index contributed by atoms with van der Waals surface area (Å²) in [6.07, 6.45) is 1.61. The van der Waals surface area contributed by atoms with Crippen LogP contribution in [0, 0.1) is 13.8 Å². The Morgan fingerprint density at radius 1 is 0.920 bits per heavy atom. The summed E-state index contributed by atoms with van der Waals surface area (Å²) in [5.41, 5.74) is 11.1. The lowest BCUT2D eigenvalue weighted by Crippen LogP contribution is -1.96. The second kappa shape index (κ2) is 6.18. The zero-order valence-corrected chi connectivity index (χ0v) is 14.9. The second-order valence-corrected chi connectivity index (χ2v) is 7.25. The molecule has 4 nitrogen and oxygen atoms in total. The molecule has 0 bridgehead atoms. The van der Waals surface area contributed by atoms with E-state index in [0.717, 1.165) is 27.4 Å². The lowest BCUT2D eigenvalue weighted by molar-refractivity contribution is 1.23. The van der Waals surface area contributed by atoms with Gasteiger partial charge in [-0.1, -0.05) is 29.8 Å². The number of nitrogens with one attached hydrogen (secondary N) is 1. The van der Waals surface area contributed by atoms with Crippen LogP contribution in [0.3, 0.4) is 0 Å². The van der Waals surface area contributed by atoms with E-state index in [-0.39, 0.29) is 0 Å². The maximum absolute atomic E-state index is 5.77. The van der Waals surface area contributed by atoms with Crippen molar-refractivity contribution in [3.63, 3.8) is 0 Å². The lowest BCUT2D eigenvalue weighted by atomic mass is 10.0. The number of rotatable bonds is 3. The van der Waals surface area contributed by atoms with Crippen LogP contribution in [0.15, 0.2) is 54.9 Å². The third kappa shape index (κ3) is 2.94. The summed E-state index contributed by atoms with van der Waals surface area (Å²) in [5, 5.41) is 4.47. The molecule has 0 radical (unpaired) electrons. The van der Waals surface area contributed by atoms with Crippen molar-refractivity contribution in [3.8, 4) is 11.1 Å². The highest BCUT2D eigenvalue weighted by molar-refractivity contribution is 7.19. The first-order chi connectivity index (χ1) is 12.1. The minimum Gasteiger partial charge on any atom is -0.399 e. The van der Waals surface area contributed by atoms with Crippen molar-refractivity contribution in [2.75, 3.05) is 11.1 Å². The van der Waals surface area contributed by atoms with Gasteiger partial charge in [0.2, 0.25) is 0 Å². The van der Waals surface area contributed by atoms with E-state index in [9.17, 15) is 0 Å². The summed E-state index contributed by atoms with van der Waals surface area (Å²) >= 11 is 1.69. The van der Waals surface area contributed by atoms with Crippen LogP contribution in [0.25, 0.3) is 21.3 Å². The Labute approximate surface area is 150 Å². The molecule has 0 aliphatic heterocycles. The molecule has 0 saturated carbocycles. The van der Waals surface area contributed by atoms with Crippen LogP contribution in [-0.4, -0.2) is 9.97 Å². The number of fused-ring (bicyclic) bond motifs is 1. The Kier molecular flexibility index (Phi) is 3.86. The maximum Gasteiger partial charge on any atom is 0.143 e. The maximum atomic E-state index is 5.77. The largest absolute Gasteiger partial charge is 0.399 e. The smallest absolute Gasteiger partial charge is 0.143 e. The minimum atomic E-state index is 0.741. The van der Waals surface area contributed by atoms with Gasteiger partial charge in [0, 0.05) is 21.8 Å². The topological polar surface area (TPSA) is 63.8 Å². The van der Waals surface area contributed by atoms with E-state index in [1.807, 2.05) is 24.3 Å². The van der Waals surface area contributed by atoms with Gasteiger partial charge in [0.05, 0.1) is 5.39 Å². The van der Waals surface area contributed by atoms with Crippen LogP contribution < -0.4 is 11.1 Å². The molecule has 25 heavy (non-hydrogen) atoms. The quantitative estimate of drug-likeness (QED) is 0.494. The number of anilines is 3. The fourth-order valence-electron chi connectivity index (χ4n) is 2.91. The first-order valence-electron chi connectivity index (χ1n) is 8.05. The molecule has 2 aromatic carbocycles. The van der Waals surface area contributed by atoms with Crippen LogP contribution in [0.4, 0.5) is 17.2 Å². The first-order valence-corrected chi connectivity index (χ1v) is 8.87. The van der Waals surface area contributed by atoms with Crippen LogP contribution >= 0.6 is 11.3 Å². The predicted molar refractivity (Wildman–Crippen MR) is 106 cm³/mol. The molecule has 0 saturated heterocycles. The van der Waals surface area contributed by atoms with Crippen molar-refractivity contribution in [1.82, 2.24) is 9.97 Å². The Bertz CT molecular complexity index is 1030. The normalized spacial score (nSPS) is 11.0. The molecule has 124 valence electrons. The zero-order chi connectivity index (χ0) is 17.4. The molecule has 0 atom stereocenters. The molecule has 4 aromatic rings. The number of nitrogens with zero attached hydrogens (tertiary/aromatic N) is 2. The van der Waals surface area contributed by atoms with Gasteiger partial charge < -0.3 is 11.1 Å². The van der Waals surface area contributed by atoms with Crippen LogP contribution in [-0.2, 0) is 0 Å². The number of hydrogen-bond acceptors (Lipinski definition) is 5. The van der Waals surface area contributed by atoms with E-state index in [0.29, 0.717) is 0 Å². The van der Waals surface area contributed by atoms with Gasteiger partial charge in [0.25, 0.3) is 0 Å². The number of nitrogen functional groups attached to an aromatic ring is 1. The highest BCUT2D eigenvalue weighted by Crippen LogP contribution is 2.41. The van der Waals surface area contributed by atoms with E-state index >= 15 is 0 Å². The number of hydrogen-bond donors (Lipinski definition) is 2. The number of aromatic nitrogens is 2. The van der Waals surface area contributed by atoms with Crippen LogP contribution in [0.2, 0.25) is 0 Å². The molecule has 3 N–H and O–H groups in total. The zero-order valence-electron chi connectivity index (χ0n) is 14.1. The van der Waals surface area contributed by atoms with Gasteiger partial charge in [-0.15, -0.1) is 11.3 Å². The highest BCUT2D eigenvalue weighted by atomic mass is 32.1. The van der Waals surface area contributed by atoms with Crippen molar-refractivity contribution >= 4 is 38.7 Å². The molecular formula is C20H18N4S. The second-order valence-electron chi connectivity index (χ2n) is 6.05. The van der Waals surface area contributed by atoms with Crippen LogP contribution in [0.5, 0.6) is 0 Å². The summed E-state index contributed by atoms with van der Waals surface area (Å²) < 4.78 is 0. The summed E-state index contributed by atoms with van der Waals surface area (Å²) in [5.74, 6) is 0.815. The molecule has 0 fully saturated rings. The average Bonchev–Trinajstić information content (AvgIpc) is 2.95. The predicted octanol–water partition coefficient (Wildman–Crippen LogP) is 5.30. The van der Waals surface area contributed by atoms with E-state index in [2.05, 4.69) is 53.4 Å². The molecule has 0 unspecified atom stereocenters. The molecule has 2 heterocycles. The van der Waals surface area contributed by atoms with Gasteiger partial charge in [-0.05, 0) is 43.7 Å². The van der Waals surface area contributed by atoms with Gasteiger partial charge in [0.15, 0.2) is 0 Å². The fraction of sp³-hybridized carbons (Fsp3) is 0.100. The van der Waals surface area contributed by atoms with E-state index in [1.165, 1.54) is 21.6 Å². The standard InChI is InChI=1S/C20H18N4S/c1-12-3-5-14(6-4-12)17-13(2)25-20-18(17)19(22-11-23-20)24-16-9-7-15(21)8-10-16/h3-11H,21H2,1-2H3,(H,22,23,24).